The van der Waals surface area contributed by atoms with Crippen LogP contribution in [0.2, 0.25) is 0 Å². The molecule has 8 heteroatoms. The molecule has 0 radical (unpaired) electrons. The van der Waals surface area contributed by atoms with Crippen LogP contribution in [0.3, 0.4) is 0 Å². The fourth-order valence-electron chi connectivity index (χ4n) is 3.64. The summed E-state index contributed by atoms with van der Waals surface area (Å²) in [6, 6.07) is 18.5. The second-order valence-corrected chi connectivity index (χ2v) is 8.78. The first kappa shape index (κ1) is 21.8. The predicted octanol–water partition coefficient (Wildman–Crippen LogP) is 6.51. The number of tetrazole rings is 1. The third kappa shape index (κ3) is 4.40. The number of hydrogen-bond acceptors (Lipinski definition) is 6. The number of thiophene rings is 1. The quantitative estimate of drug-likeness (QED) is 0.282. The van der Waals surface area contributed by atoms with Crippen molar-refractivity contribution in [2.24, 2.45) is 7.05 Å². The topological polar surface area (TPSA) is 62.1 Å². The summed E-state index contributed by atoms with van der Waals surface area (Å²) in [6.07, 6.45) is 3.72. The lowest BCUT2D eigenvalue weighted by molar-refractivity contribution is 0.415. The molecule has 0 bridgehead atoms. The number of aromatic nitrogens is 4. The molecule has 0 unspecified atom stereocenters. The summed E-state index contributed by atoms with van der Waals surface area (Å²) in [6.45, 7) is 1.90. The summed E-state index contributed by atoms with van der Waals surface area (Å²) in [4.78, 5) is 2.36. The van der Waals surface area contributed by atoms with Crippen LogP contribution in [-0.4, -0.2) is 27.3 Å². The zero-order valence-corrected chi connectivity index (χ0v) is 19.6. The third-order valence-electron chi connectivity index (χ3n) is 5.33. The summed E-state index contributed by atoms with van der Waals surface area (Å²) >= 11 is 1.60. The number of fused-ring (bicyclic) bond motifs is 1. The predicted molar refractivity (Wildman–Crippen MR) is 133 cm³/mol. The Balaban J connectivity index is 1.50. The van der Waals surface area contributed by atoms with E-state index in [1.165, 1.54) is 16.9 Å². The highest BCUT2D eigenvalue weighted by atomic mass is 32.1. The first-order valence-electron chi connectivity index (χ1n) is 10.6. The van der Waals surface area contributed by atoms with Crippen molar-refractivity contribution in [3.63, 3.8) is 0 Å². The van der Waals surface area contributed by atoms with Gasteiger partial charge in [0.15, 0.2) is 11.6 Å². The molecule has 6 nitrogen and oxygen atoms in total. The van der Waals surface area contributed by atoms with Gasteiger partial charge in [-0.2, -0.15) is 4.80 Å². The zero-order valence-electron chi connectivity index (χ0n) is 18.8. The molecule has 0 N–H and O–H groups in total. The van der Waals surface area contributed by atoms with Gasteiger partial charge in [-0.1, -0.05) is 24.3 Å². The second-order valence-electron chi connectivity index (χ2n) is 7.72. The van der Waals surface area contributed by atoms with Crippen LogP contribution in [0.1, 0.15) is 17.0 Å². The van der Waals surface area contributed by atoms with E-state index in [1.807, 2.05) is 55.5 Å². The Hall–Kier alpha value is -4.04. The maximum Gasteiger partial charge on any atom is 0.197 e. The Kier molecular flexibility index (Phi) is 5.81. The van der Waals surface area contributed by atoms with Gasteiger partial charge in [0.05, 0.1) is 19.0 Å². The van der Waals surface area contributed by atoms with Gasteiger partial charge in [-0.3, -0.25) is 0 Å². The molecular weight excluding hydrogens is 451 g/mol. The average Bonchev–Trinajstić information content (AvgIpc) is 3.41. The van der Waals surface area contributed by atoms with Gasteiger partial charge in [0.25, 0.3) is 0 Å². The Morgan fingerprint density at radius 3 is 2.47 bits per heavy atom. The third-order valence-corrected chi connectivity index (χ3v) is 6.50. The second kappa shape index (κ2) is 9.07. The molecule has 0 saturated carbocycles. The molecule has 5 rings (SSSR count). The molecule has 170 valence electrons. The van der Waals surface area contributed by atoms with Gasteiger partial charge >= 0.3 is 0 Å². The van der Waals surface area contributed by atoms with Crippen molar-refractivity contribution in [1.82, 2.24) is 20.2 Å². The van der Waals surface area contributed by atoms with E-state index < -0.39 is 0 Å². The van der Waals surface area contributed by atoms with Gasteiger partial charge < -0.3 is 9.47 Å². The highest BCUT2D eigenvalue weighted by Crippen LogP contribution is 2.48. The molecule has 0 saturated heterocycles. The number of aryl methyl sites for hydroxylation is 2. The number of hydrogen-bond donors (Lipinski definition) is 0. The Labute approximate surface area is 199 Å². The molecule has 2 heterocycles. The number of rotatable bonds is 6. The van der Waals surface area contributed by atoms with Crippen molar-refractivity contribution in [1.29, 1.82) is 0 Å². The van der Waals surface area contributed by atoms with Crippen LogP contribution in [0.25, 0.3) is 32.7 Å². The number of nitrogens with zero attached hydrogens (tertiary/aromatic N) is 4. The number of halogens is 1. The lowest BCUT2D eigenvalue weighted by atomic mass is 10.1. The molecule has 0 atom stereocenters. The van der Waals surface area contributed by atoms with Gasteiger partial charge in [0.1, 0.15) is 17.3 Å². The highest BCUT2D eigenvalue weighted by molar-refractivity contribution is 7.22. The van der Waals surface area contributed by atoms with Crippen LogP contribution in [-0.2, 0) is 7.05 Å². The van der Waals surface area contributed by atoms with Crippen molar-refractivity contribution in [3.8, 4) is 27.7 Å². The Morgan fingerprint density at radius 1 is 0.971 bits per heavy atom. The van der Waals surface area contributed by atoms with E-state index in [2.05, 4.69) is 15.4 Å². The summed E-state index contributed by atoms with van der Waals surface area (Å²) in [5.41, 5.74) is 2.77. The summed E-state index contributed by atoms with van der Waals surface area (Å²) < 4.78 is 26.6. The van der Waals surface area contributed by atoms with Crippen LogP contribution >= 0.6 is 11.3 Å². The standard InChI is InChI=1S/C26H21FN4O2S/c1-16-14-18(27)7-11-21(16)26-25(22-12-10-20(32-3)15-23(22)34-26)33-19-8-4-17(5-9-19)6-13-24-28-30-31(2)29-24/h4-15H,1-3H3. The highest BCUT2D eigenvalue weighted by Gasteiger charge is 2.18. The molecular formula is C26H21FN4O2S. The maximum atomic E-state index is 13.8. The van der Waals surface area contributed by atoms with E-state index in [-0.39, 0.29) is 5.82 Å². The largest absolute Gasteiger partial charge is 0.497 e. The van der Waals surface area contributed by atoms with E-state index >= 15 is 0 Å². The van der Waals surface area contributed by atoms with Crippen LogP contribution in [0.5, 0.6) is 17.2 Å². The first-order chi connectivity index (χ1) is 16.5. The summed E-state index contributed by atoms with van der Waals surface area (Å²) in [7, 11) is 3.37. The van der Waals surface area contributed by atoms with E-state index in [1.54, 1.807) is 37.6 Å². The lowest BCUT2D eigenvalue weighted by Crippen LogP contribution is -1.91. The van der Waals surface area contributed by atoms with Crippen molar-refractivity contribution >= 4 is 33.6 Å². The molecule has 0 spiro atoms. The lowest BCUT2D eigenvalue weighted by Gasteiger charge is -2.10. The molecule has 2 aromatic heterocycles. The van der Waals surface area contributed by atoms with Crippen molar-refractivity contribution in [2.75, 3.05) is 7.11 Å². The number of methoxy groups -OCH3 is 1. The summed E-state index contributed by atoms with van der Waals surface area (Å²) in [5.74, 6) is 2.50. The minimum absolute atomic E-state index is 0.258. The molecule has 0 aliphatic heterocycles. The van der Waals surface area contributed by atoms with Gasteiger partial charge in [0.2, 0.25) is 0 Å². The fourth-order valence-corrected chi connectivity index (χ4v) is 4.89. The molecule has 5 aromatic rings. The smallest absolute Gasteiger partial charge is 0.197 e. The monoisotopic (exact) mass is 472 g/mol. The Morgan fingerprint density at radius 2 is 1.76 bits per heavy atom. The van der Waals surface area contributed by atoms with E-state index in [0.717, 1.165) is 43.2 Å². The number of ether oxygens (including phenoxy) is 2. The molecule has 0 amide bonds. The van der Waals surface area contributed by atoms with Gasteiger partial charge in [-0.05, 0) is 77.4 Å². The van der Waals surface area contributed by atoms with Crippen molar-refractivity contribution in [2.45, 2.75) is 6.92 Å². The number of benzene rings is 3. The van der Waals surface area contributed by atoms with Crippen LogP contribution in [0.15, 0.2) is 60.7 Å². The van der Waals surface area contributed by atoms with Crippen molar-refractivity contribution in [3.05, 3.63) is 83.4 Å². The SMILES string of the molecule is COc1ccc2c(Oc3ccc(C=Cc4nnn(C)n4)cc3)c(-c3ccc(F)cc3C)sc2c1. The van der Waals surface area contributed by atoms with Gasteiger partial charge in [-0.15, -0.1) is 21.5 Å². The molecule has 3 aromatic carbocycles. The minimum Gasteiger partial charge on any atom is -0.497 e. The van der Waals surface area contributed by atoms with Crippen LogP contribution in [0.4, 0.5) is 4.39 Å². The first-order valence-corrected chi connectivity index (χ1v) is 11.4. The van der Waals surface area contributed by atoms with Gasteiger partial charge in [-0.25, -0.2) is 4.39 Å². The summed E-state index contributed by atoms with van der Waals surface area (Å²) in [5, 5.41) is 12.9. The molecule has 0 fully saturated rings. The minimum atomic E-state index is -0.258. The molecule has 0 aliphatic carbocycles. The Bertz CT molecular complexity index is 1510. The maximum absolute atomic E-state index is 13.8. The fraction of sp³-hybridized carbons (Fsp3) is 0.115. The zero-order chi connectivity index (χ0) is 23.7. The van der Waals surface area contributed by atoms with E-state index in [9.17, 15) is 4.39 Å². The van der Waals surface area contributed by atoms with Gasteiger partial charge in [0, 0.05) is 10.1 Å². The molecule has 34 heavy (non-hydrogen) atoms. The van der Waals surface area contributed by atoms with Crippen molar-refractivity contribution < 1.29 is 13.9 Å². The molecule has 0 aliphatic rings. The normalized spacial score (nSPS) is 11.4. The van der Waals surface area contributed by atoms with Crippen LogP contribution < -0.4 is 9.47 Å². The van der Waals surface area contributed by atoms with E-state index in [4.69, 9.17) is 9.47 Å². The average molecular weight is 473 g/mol. The van der Waals surface area contributed by atoms with E-state index in [0.29, 0.717) is 11.6 Å². The van der Waals surface area contributed by atoms with Crippen LogP contribution in [0, 0.1) is 12.7 Å².